The Bertz CT molecular complexity index is 1820. The third-order valence-corrected chi connectivity index (χ3v) is 13.8. The fourth-order valence-electron chi connectivity index (χ4n) is 6.64. The van der Waals surface area contributed by atoms with Crippen molar-refractivity contribution in [1.29, 1.82) is 0 Å². The number of hydrogen-bond acceptors (Lipinski definition) is 4. The maximum atomic E-state index is 13.2. The summed E-state index contributed by atoms with van der Waals surface area (Å²) in [6.07, 6.45) is 5.68. The predicted octanol–water partition coefficient (Wildman–Crippen LogP) is 4.50. The van der Waals surface area contributed by atoms with Crippen molar-refractivity contribution in [3.63, 3.8) is 0 Å². The summed E-state index contributed by atoms with van der Waals surface area (Å²) in [5.74, 6) is -1.22. The van der Waals surface area contributed by atoms with E-state index in [1.54, 1.807) is 24.3 Å². The molecule has 248 valence electrons. The second kappa shape index (κ2) is 15.8. The van der Waals surface area contributed by atoms with Crippen molar-refractivity contribution in [3.8, 4) is 0 Å². The molecule has 0 saturated carbocycles. The molecule has 0 fully saturated rings. The summed E-state index contributed by atoms with van der Waals surface area (Å²) in [6.45, 7) is 0.356. The van der Waals surface area contributed by atoms with Gasteiger partial charge in [0.25, 0.3) is 0 Å². The molecule has 5 aromatic carbocycles. The number of allylic oxidation sites excluding steroid dienone is 3. The molecule has 0 radical (unpaired) electrons. The minimum absolute atomic E-state index is 0.169. The number of carbonyl (C=O) groups excluding carboxylic acids is 2. The molecule has 0 aliphatic heterocycles. The van der Waals surface area contributed by atoms with Crippen LogP contribution in [0.5, 0.6) is 0 Å². The first-order valence-electron chi connectivity index (χ1n) is 16.6. The molecule has 6 nitrogen and oxygen atoms in total. The first kappa shape index (κ1) is 33.8. The quantitative estimate of drug-likeness (QED) is 0.147. The van der Waals surface area contributed by atoms with Crippen molar-refractivity contribution in [2.24, 2.45) is 5.92 Å². The van der Waals surface area contributed by atoms with Crippen LogP contribution in [0.2, 0.25) is 0 Å². The number of rotatable bonds is 12. The van der Waals surface area contributed by atoms with Gasteiger partial charge in [-0.1, -0.05) is 0 Å². The zero-order valence-corrected chi connectivity index (χ0v) is 28.2. The summed E-state index contributed by atoms with van der Waals surface area (Å²) < 4.78 is 0. The van der Waals surface area contributed by atoms with Crippen LogP contribution in [-0.4, -0.2) is 28.1 Å². The van der Waals surface area contributed by atoms with Gasteiger partial charge in [0.15, 0.2) is 0 Å². The van der Waals surface area contributed by atoms with Crippen LogP contribution in [-0.2, 0) is 22.7 Å². The molecule has 2 amide bonds. The second-order valence-corrected chi connectivity index (χ2v) is 16.1. The minimum atomic E-state index is -2.94. The van der Waals surface area contributed by atoms with Gasteiger partial charge < -0.3 is 0 Å². The van der Waals surface area contributed by atoms with Crippen LogP contribution in [0.25, 0.3) is 0 Å². The second-order valence-electron chi connectivity index (χ2n) is 12.3. The molecule has 5 aromatic rings. The van der Waals surface area contributed by atoms with Gasteiger partial charge in [0.2, 0.25) is 0 Å². The normalized spacial score (nSPS) is 15.6. The zero-order valence-electron chi connectivity index (χ0n) is 27.2. The topological polar surface area (TPSA) is 98.7 Å². The molecule has 3 atom stereocenters. The summed E-state index contributed by atoms with van der Waals surface area (Å²) in [7, 11) is -2.94. The zero-order chi connectivity index (χ0) is 34.1. The van der Waals surface area contributed by atoms with Gasteiger partial charge >= 0.3 is 289 Å². The Morgan fingerprint density at radius 1 is 0.612 bits per heavy atom. The Kier molecular flexibility index (Phi) is 10.9. The van der Waals surface area contributed by atoms with Crippen molar-refractivity contribution >= 4 is 40.3 Å². The standard InChI is InChI=1S/C42H41N2O4P/c45-39(33-16-6-1-7-17-33)41(47)43-29-31-26-32(30-44-42(48)40(46)34-18-8-2-9-19-34)28-38(27-31)49(35-20-10-3-11-21-35,36-22-12-4-13-23-36)37-24-14-5-15-25-37/h1-18,20-28,34,39-40,45-46,49H,19,29-30H2,(H,43,47)(H,44,48)/t34?,39-,40-/m0/s1. The Balaban J connectivity index is 1.42. The van der Waals surface area contributed by atoms with Gasteiger partial charge in [-0.2, -0.15) is 0 Å². The summed E-state index contributed by atoms with van der Waals surface area (Å²) >= 11 is 0. The molecule has 0 bridgehead atoms. The third-order valence-electron chi connectivity index (χ3n) is 9.09. The Morgan fingerprint density at radius 2 is 1.08 bits per heavy atom. The maximum absolute atomic E-state index is 13.2. The van der Waals surface area contributed by atoms with Gasteiger partial charge in [-0.3, -0.25) is 0 Å². The fraction of sp³-hybridized carbons (Fsp3) is 0.143. The molecule has 4 N–H and O–H groups in total. The number of aliphatic hydroxyl groups is 2. The average Bonchev–Trinajstić information content (AvgIpc) is 3.17. The molecule has 0 spiro atoms. The van der Waals surface area contributed by atoms with E-state index in [1.807, 2.05) is 54.6 Å². The van der Waals surface area contributed by atoms with E-state index in [4.69, 9.17) is 0 Å². The summed E-state index contributed by atoms with van der Waals surface area (Å²) in [5.41, 5.74) is 2.18. The van der Waals surface area contributed by atoms with Gasteiger partial charge in [0.1, 0.15) is 0 Å². The summed E-state index contributed by atoms with van der Waals surface area (Å²) in [6, 6.07) is 46.7. The van der Waals surface area contributed by atoms with E-state index >= 15 is 0 Å². The van der Waals surface area contributed by atoms with Crippen LogP contribution in [0, 0.1) is 5.92 Å². The van der Waals surface area contributed by atoms with E-state index in [0.29, 0.717) is 12.0 Å². The molecule has 1 unspecified atom stereocenters. The van der Waals surface area contributed by atoms with Crippen LogP contribution in [0.4, 0.5) is 0 Å². The van der Waals surface area contributed by atoms with Crippen LogP contribution >= 0.6 is 7.26 Å². The van der Waals surface area contributed by atoms with E-state index in [2.05, 4.69) is 95.6 Å². The van der Waals surface area contributed by atoms with Crippen LogP contribution in [0.1, 0.15) is 29.2 Å². The van der Waals surface area contributed by atoms with E-state index in [-0.39, 0.29) is 19.0 Å². The van der Waals surface area contributed by atoms with Crippen molar-refractivity contribution in [2.75, 3.05) is 0 Å². The fourth-order valence-corrected chi connectivity index (χ4v) is 11.5. The monoisotopic (exact) mass is 668 g/mol. The molecule has 0 aromatic heterocycles. The van der Waals surface area contributed by atoms with E-state index < -0.39 is 31.3 Å². The number of amides is 2. The van der Waals surface area contributed by atoms with Gasteiger partial charge in [0.05, 0.1) is 0 Å². The van der Waals surface area contributed by atoms with Crippen LogP contribution in [0.15, 0.2) is 164 Å². The van der Waals surface area contributed by atoms with Gasteiger partial charge in [-0.15, -0.1) is 0 Å². The van der Waals surface area contributed by atoms with Gasteiger partial charge in [0, 0.05) is 0 Å². The molecule has 7 heteroatoms. The summed E-state index contributed by atoms with van der Waals surface area (Å²) in [4.78, 5) is 26.3. The number of nitrogens with one attached hydrogen (secondary N) is 2. The van der Waals surface area contributed by atoms with Gasteiger partial charge in [-0.25, -0.2) is 0 Å². The Labute approximate surface area is 288 Å². The van der Waals surface area contributed by atoms with Crippen molar-refractivity contribution in [3.05, 3.63) is 181 Å². The van der Waals surface area contributed by atoms with Crippen molar-refractivity contribution in [1.82, 2.24) is 10.6 Å². The molecule has 6 rings (SSSR count). The molecule has 0 heterocycles. The molecular weight excluding hydrogens is 627 g/mol. The number of aliphatic hydroxyl groups excluding tert-OH is 2. The Hall–Kier alpha value is -5.13. The Morgan fingerprint density at radius 3 is 1.55 bits per heavy atom. The molecule has 0 saturated heterocycles. The van der Waals surface area contributed by atoms with Crippen LogP contribution < -0.4 is 31.9 Å². The summed E-state index contributed by atoms with van der Waals surface area (Å²) in [5, 5.41) is 32.2. The van der Waals surface area contributed by atoms with Crippen molar-refractivity contribution < 1.29 is 19.8 Å². The van der Waals surface area contributed by atoms with E-state index in [1.165, 1.54) is 15.9 Å². The predicted molar refractivity (Wildman–Crippen MR) is 200 cm³/mol. The first-order valence-corrected chi connectivity index (χ1v) is 18.6. The SMILES string of the molecule is O=C(NCc1cc(CNC(=O)[C@@H](O)C2C=CC=CC2)cc([PH](c2ccccc2)(c2ccccc2)c2ccccc2)c1)[C@@H](O)c1ccccc1. The number of hydrogen-bond donors (Lipinski definition) is 4. The number of benzene rings is 5. The molecule has 1 aliphatic rings. The first-order chi connectivity index (χ1) is 24.0. The molecule has 1 aliphatic carbocycles. The van der Waals surface area contributed by atoms with E-state index in [0.717, 1.165) is 16.4 Å². The van der Waals surface area contributed by atoms with E-state index in [9.17, 15) is 19.8 Å². The van der Waals surface area contributed by atoms with Crippen molar-refractivity contribution in [2.45, 2.75) is 31.7 Å². The number of carbonyl (C=O) groups is 2. The third kappa shape index (κ3) is 7.63. The molecular formula is C42H41N2O4P. The average molecular weight is 669 g/mol. The van der Waals surface area contributed by atoms with Gasteiger partial charge in [-0.05, 0) is 0 Å². The molecule has 49 heavy (non-hydrogen) atoms. The van der Waals surface area contributed by atoms with Crippen LogP contribution in [0.3, 0.4) is 0 Å².